The Morgan fingerprint density at radius 1 is 1.09 bits per heavy atom. The average Bonchev–Trinajstić information content (AvgIpc) is 2.95. The van der Waals surface area contributed by atoms with Crippen LogP contribution in [0.5, 0.6) is 0 Å². The highest BCUT2D eigenvalue weighted by Crippen LogP contribution is 2.16. The number of halogens is 1. The molecule has 0 unspecified atom stereocenters. The maximum atomic E-state index is 12.6. The molecule has 0 bridgehead atoms. The van der Waals surface area contributed by atoms with Gasteiger partial charge in [-0.05, 0) is 37.1 Å². The number of anilines is 1. The highest BCUT2D eigenvalue weighted by Gasteiger charge is 2.23. The normalized spacial score (nSPS) is 14.6. The molecule has 0 atom stereocenters. The average molecular weight is 335 g/mol. The first-order valence-electron chi connectivity index (χ1n) is 7.65. The summed E-state index contributed by atoms with van der Waals surface area (Å²) in [6, 6.07) is 5.94. The van der Waals surface area contributed by atoms with E-state index in [0.717, 1.165) is 43.3 Å². The second-order valence-corrected chi connectivity index (χ2v) is 5.92. The summed E-state index contributed by atoms with van der Waals surface area (Å²) in [4.78, 5) is 21.1. The van der Waals surface area contributed by atoms with Crippen LogP contribution >= 0.6 is 12.4 Å². The first-order valence-corrected chi connectivity index (χ1v) is 7.65. The Balaban J connectivity index is 0.00000192. The van der Waals surface area contributed by atoms with E-state index < -0.39 is 0 Å². The molecule has 0 aliphatic carbocycles. The number of aromatic nitrogens is 2. The monoisotopic (exact) mass is 334 g/mol. The Hall–Kier alpha value is -2.01. The van der Waals surface area contributed by atoms with Crippen LogP contribution in [0.1, 0.15) is 21.5 Å². The van der Waals surface area contributed by atoms with Crippen LogP contribution in [0.25, 0.3) is 0 Å². The lowest BCUT2D eigenvalue weighted by molar-refractivity contribution is 0.0746. The second-order valence-electron chi connectivity index (χ2n) is 5.92. The number of rotatable bonds is 2. The minimum absolute atomic E-state index is 0. The first-order chi connectivity index (χ1) is 10.6. The molecule has 1 aromatic carbocycles. The fourth-order valence-electron chi connectivity index (χ4n) is 2.83. The van der Waals surface area contributed by atoms with Crippen LogP contribution in [-0.4, -0.2) is 46.5 Å². The van der Waals surface area contributed by atoms with E-state index in [2.05, 4.69) is 16.8 Å². The Labute approximate surface area is 143 Å². The number of aryl methyl sites for hydroxylation is 3. The van der Waals surface area contributed by atoms with Gasteiger partial charge >= 0.3 is 0 Å². The smallest absolute Gasteiger partial charge is 0.253 e. The molecule has 0 radical (unpaired) electrons. The van der Waals surface area contributed by atoms with E-state index in [1.807, 2.05) is 54.0 Å². The van der Waals surface area contributed by atoms with Crippen LogP contribution in [0.2, 0.25) is 0 Å². The molecule has 0 N–H and O–H groups in total. The summed E-state index contributed by atoms with van der Waals surface area (Å²) in [7, 11) is 1.99. The lowest BCUT2D eigenvalue weighted by Gasteiger charge is -2.35. The van der Waals surface area contributed by atoms with Gasteiger partial charge in [-0.2, -0.15) is 0 Å². The molecule has 1 aliphatic heterocycles. The van der Waals surface area contributed by atoms with Crippen LogP contribution in [0.15, 0.2) is 30.6 Å². The molecule has 1 amide bonds. The molecule has 3 rings (SSSR count). The van der Waals surface area contributed by atoms with Crippen molar-refractivity contribution in [1.82, 2.24) is 14.5 Å². The molecule has 124 valence electrons. The number of hydrogen-bond donors (Lipinski definition) is 0. The van der Waals surface area contributed by atoms with Gasteiger partial charge in [-0.3, -0.25) is 4.79 Å². The largest absolute Gasteiger partial charge is 0.339 e. The zero-order chi connectivity index (χ0) is 15.7. The minimum Gasteiger partial charge on any atom is -0.339 e. The quantitative estimate of drug-likeness (QED) is 0.847. The first kappa shape index (κ1) is 17.3. The van der Waals surface area contributed by atoms with Gasteiger partial charge in [-0.1, -0.05) is 6.07 Å². The summed E-state index contributed by atoms with van der Waals surface area (Å²) < 4.78 is 2.01. The second kappa shape index (κ2) is 7.04. The molecule has 1 saturated heterocycles. The third-order valence-electron chi connectivity index (χ3n) is 4.40. The lowest BCUT2D eigenvalue weighted by atomic mass is 10.1. The van der Waals surface area contributed by atoms with Crippen molar-refractivity contribution < 1.29 is 4.79 Å². The molecule has 5 nitrogen and oxygen atoms in total. The zero-order valence-corrected chi connectivity index (χ0v) is 14.6. The Morgan fingerprint density at radius 2 is 1.78 bits per heavy atom. The van der Waals surface area contributed by atoms with E-state index in [1.54, 1.807) is 0 Å². The molecule has 1 aromatic heterocycles. The molecule has 1 fully saturated rings. The Morgan fingerprint density at radius 3 is 2.35 bits per heavy atom. The van der Waals surface area contributed by atoms with Crippen LogP contribution in [0.4, 0.5) is 5.95 Å². The van der Waals surface area contributed by atoms with Crippen molar-refractivity contribution in [1.29, 1.82) is 0 Å². The topological polar surface area (TPSA) is 41.4 Å². The molecule has 0 saturated carbocycles. The molecule has 1 aliphatic rings. The number of carbonyl (C=O) groups excluding carboxylic acids is 1. The van der Waals surface area contributed by atoms with Crippen LogP contribution in [0, 0.1) is 13.8 Å². The van der Waals surface area contributed by atoms with Gasteiger partial charge < -0.3 is 14.4 Å². The Kier molecular flexibility index (Phi) is 5.31. The third-order valence-corrected chi connectivity index (χ3v) is 4.40. The van der Waals surface area contributed by atoms with Gasteiger partial charge in [0.15, 0.2) is 0 Å². The highest BCUT2D eigenvalue weighted by molar-refractivity contribution is 5.94. The van der Waals surface area contributed by atoms with Gasteiger partial charge in [0.2, 0.25) is 5.95 Å². The fourth-order valence-corrected chi connectivity index (χ4v) is 2.83. The van der Waals surface area contributed by atoms with Crippen LogP contribution in [0.3, 0.4) is 0 Å². The molecular formula is C17H23ClN4O. The van der Waals surface area contributed by atoms with Gasteiger partial charge in [0.25, 0.3) is 5.91 Å². The van der Waals surface area contributed by atoms with Crippen molar-refractivity contribution in [3.05, 3.63) is 47.3 Å². The van der Waals surface area contributed by atoms with Crippen LogP contribution in [-0.2, 0) is 7.05 Å². The predicted molar refractivity (Wildman–Crippen MR) is 94.5 cm³/mol. The van der Waals surface area contributed by atoms with Crippen molar-refractivity contribution in [2.45, 2.75) is 13.8 Å². The summed E-state index contributed by atoms with van der Waals surface area (Å²) >= 11 is 0. The van der Waals surface area contributed by atoms with Gasteiger partial charge in [0.1, 0.15) is 0 Å². The van der Waals surface area contributed by atoms with Gasteiger partial charge in [0, 0.05) is 51.2 Å². The van der Waals surface area contributed by atoms with Gasteiger partial charge in [-0.15, -0.1) is 12.4 Å². The van der Waals surface area contributed by atoms with E-state index >= 15 is 0 Å². The van der Waals surface area contributed by atoms with E-state index in [9.17, 15) is 4.79 Å². The summed E-state index contributed by atoms with van der Waals surface area (Å²) in [5.74, 6) is 1.10. The summed E-state index contributed by atoms with van der Waals surface area (Å²) in [6.07, 6.45) is 3.75. The standard InChI is InChI=1S/C17H22N4O.ClH/c1-13-4-5-15(12-14(13)2)16(22)20-8-10-21(11-9-20)17-18-6-7-19(17)3;/h4-7,12H,8-11H2,1-3H3;1H. The van der Waals surface area contributed by atoms with Gasteiger partial charge in [-0.25, -0.2) is 4.98 Å². The van der Waals surface area contributed by atoms with Crippen molar-refractivity contribution in [2.24, 2.45) is 7.05 Å². The number of piperazine rings is 1. The minimum atomic E-state index is 0. The van der Waals surface area contributed by atoms with Crippen molar-refractivity contribution in [3.8, 4) is 0 Å². The molecule has 23 heavy (non-hydrogen) atoms. The van der Waals surface area contributed by atoms with E-state index in [4.69, 9.17) is 0 Å². The summed E-state index contributed by atoms with van der Waals surface area (Å²) in [6.45, 7) is 7.22. The molecule has 0 spiro atoms. The van der Waals surface area contributed by atoms with E-state index in [-0.39, 0.29) is 18.3 Å². The summed E-state index contributed by atoms with van der Waals surface area (Å²) in [5, 5.41) is 0. The maximum Gasteiger partial charge on any atom is 0.253 e. The third kappa shape index (κ3) is 3.50. The van der Waals surface area contributed by atoms with E-state index in [0.29, 0.717) is 0 Å². The zero-order valence-electron chi connectivity index (χ0n) is 13.8. The molecular weight excluding hydrogens is 312 g/mol. The lowest BCUT2D eigenvalue weighted by Crippen LogP contribution is -2.49. The van der Waals surface area contributed by atoms with Crippen molar-refractivity contribution in [3.63, 3.8) is 0 Å². The molecule has 6 heteroatoms. The predicted octanol–water partition coefficient (Wildman–Crippen LogP) is 2.42. The van der Waals surface area contributed by atoms with Crippen LogP contribution < -0.4 is 4.90 Å². The number of amides is 1. The number of hydrogen-bond acceptors (Lipinski definition) is 3. The maximum absolute atomic E-state index is 12.6. The van der Waals surface area contributed by atoms with Gasteiger partial charge in [0.05, 0.1) is 0 Å². The SMILES string of the molecule is Cc1ccc(C(=O)N2CCN(c3nccn3C)CC2)cc1C.Cl. The molecule has 2 heterocycles. The Bertz CT molecular complexity index is 690. The van der Waals surface area contributed by atoms with Crippen molar-refractivity contribution >= 4 is 24.3 Å². The highest BCUT2D eigenvalue weighted by atomic mass is 35.5. The van der Waals surface area contributed by atoms with E-state index in [1.165, 1.54) is 5.56 Å². The van der Waals surface area contributed by atoms with Crippen molar-refractivity contribution in [2.75, 3.05) is 31.1 Å². The number of nitrogens with zero attached hydrogens (tertiary/aromatic N) is 4. The summed E-state index contributed by atoms with van der Waals surface area (Å²) in [5.41, 5.74) is 3.17. The number of carbonyl (C=O) groups is 1. The molecule has 2 aromatic rings. The number of imidazole rings is 1. The number of benzene rings is 1. The fraction of sp³-hybridized carbons (Fsp3) is 0.412.